The summed E-state index contributed by atoms with van der Waals surface area (Å²) in [4.78, 5) is 29.1. The number of carbonyl (C=O) groups is 1. The Morgan fingerprint density at radius 1 is 1.28 bits per heavy atom. The second kappa shape index (κ2) is 8.60. The van der Waals surface area contributed by atoms with Crippen LogP contribution in [0.25, 0.3) is 10.6 Å². The highest BCUT2D eigenvalue weighted by molar-refractivity contribution is 7.13. The van der Waals surface area contributed by atoms with E-state index in [9.17, 15) is 9.59 Å². The first-order valence-corrected chi connectivity index (χ1v) is 10.6. The molecule has 0 fully saturated rings. The van der Waals surface area contributed by atoms with Gasteiger partial charge in [0, 0.05) is 37.0 Å². The van der Waals surface area contributed by atoms with Crippen molar-refractivity contribution in [3.05, 3.63) is 51.6 Å². The van der Waals surface area contributed by atoms with Crippen molar-refractivity contribution in [3.63, 3.8) is 0 Å². The lowest BCUT2D eigenvalue weighted by atomic mass is 10.2. The Balaban J connectivity index is 1.29. The van der Waals surface area contributed by atoms with Crippen LogP contribution in [-0.2, 0) is 19.5 Å². The first-order chi connectivity index (χ1) is 14.2. The summed E-state index contributed by atoms with van der Waals surface area (Å²) in [6.07, 6.45) is 3.61. The number of thiazole rings is 1. The average Bonchev–Trinajstić information content (AvgIpc) is 3.37. The van der Waals surface area contributed by atoms with Gasteiger partial charge in [0.05, 0.1) is 7.11 Å². The van der Waals surface area contributed by atoms with E-state index in [0.717, 1.165) is 48.0 Å². The highest BCUT2D eigenvalue weighted by atomic mass is 32.1. The van der Waals surface area contributed by atoms with Gasteiger partial charge in [-0.25, -0.2) is 14.5 Å². The zero-order chi connectivity index (χ0) is 20.2. The molecule has 8 nitrogen and oxygen atoms in total. The van der Waals surface area contributed by atoms with Crippen molar-refractivity contribution in [2.24, 2.45) is 0 Å². The SMILES string of the molecule is COc1ccc(-c2nc(C(=O)NCCCn3nc4n(c3=O)CCCC4)cs2)cc1. The van der Waals surface area contributed by atoms with Crippen LogP contribution < -0.4 is 15.7 Å². The van der Waals surface area contributed by atoms with Crippen LogP contribution in [0.5, 0.6) is 5.75 Å². The summed E-state index contributed by atoms with van der Waals surface area (Å²) >= 11 is 1.43. The molecule has 152 valence electrons. The smallest absolute Gasteiger partial charge is 0.345 e. The number of benzene rings is 1. The summed E-state index contributed by atoms with van der Waals surface area (Å²) < 4.78 is 8.43. The molecule has 0 saturated heterocycles. The van der Waals surface area contributed by atoms with E-state index in [2.05, 4.69) is 15.4 Å². The Labute approximate surface area is 172 Å². The average molecular weight is 414 g/mol. The maximum atomic E-state index is 12.4. The van der Waals surface area contributed by atoms with Crippen LogP contribution in [0.15, 0.2) is 34.4 Å². The van der Waals surface area contributed by atoms with Gasteiger partial charge in [-0.1, -0.05) is 0 Å². The Kier molecular flexibility index (Phi) is 5.75. The lowest BCUT2D eigenvalue weighted by molar-refractivity contribution is 0.0948. The van der Waals surface area contributed by atoms with Gasteiger partial charge in [0.25, 0.3) is 5.91 Å². The zero-order valence-electron chi connectivity index (χ0n) is 16.3. The van der Waals surface area contributed by atoms with Crippen LogP contribution in [0, 0.1) is 0 Å². The van der Waals surface area contributed by atoms with Crippen LogP contribution in [0.1, 0.15) is 35.6 Å². The Morgan fingerprint density at radius 2 is 2.10 bits per heavy atom. The number of nitrogens with zero attached hydrogens (tertiary/aromatic N) is 4. The molecular formula is C20H23N5O3S. The molecule has 0 aliphatic carbocycles. The minimum Gasteiger partial charge on any atom is -0.497 e. The van der Waals surface area contributed by atoms with Gasteiger partial charge in [-0.2, -0.15) is 5.10 Å². The molecule has 1 N–H and O–H groups in total. The molecule has 0 saturated carbocycles. The van der Waals surface area contributed by atoms with Gasteiger partial charge in [0.1, 0.15) is 22.3 Å². The summed E-state index contributed by atoms with van der Waals surface area (Å²) in [6.45, 7) is 1.71. The lowest BCUT2D eigenvalue weighted by Crippen LogP contribution is -2.29. The molecule has 1 aliphatic rings. The molecule has 0 bridgehead atoms. The quantitative estimate of drug-likeness (QED) is 0.601. The second-order valence-electron chi connectivity index (χ2n) is 6.91. The van der Waals surface area contributed by atoms with Crippen molar-refractivity contribution < 1.29 is 9.53 Å². The maximum absolute atomic E-state index is 12.4. The number of nitrogens with one attached hydrogen (secondary N) is 1. The van der Waals surface area contributed by atoms with Gasteiger partial charge in [-0.3, -0.25) is 9.36 Å². The van der Waals surface area contributed by atoms with E-state index in [0.29, 0.717) is 25.2 Å². The molecule has 1 aliphatic heterocycles. The van der Waals surface area contributed by atoms with Gasteiger partial charge in [0.2, 0.25) is 0 Å². The molecule has 0 unspecified atom stereocenters. The van der Waals surface area contributed by atoms with Crippen molar-refractivity contribution in [2.45, 2.75) is 38.8 Å². The normalized spacial score (nSPS) is 13.1. The third-order valence-corrected chi connectivity index (χ3v) is 5.83. The molecule has 3 heterocycles. The summed E-state index contributed by atoms with van der Waals surface area (Å²) in [5.41, 5.74) is 1.29. The third kappa shape index (κ3) is 4.24. The summed E-state index contributed by atoms with van der Waals surface area (Å²) in [6, 6.07) is 7.57. The minimum absolute atomic E-state index is 0.0466. The Hall–Kier alpha value is -2.94. The molecule has 2 aromatic heterocycles. The largest absolute Gasteiger partial charge is 0.497 e. The summed E-state index contributed by atoms with van der Waals surface area (Å²) in [7, 11) is 1.62. The predicted molar refractivity (Wildman–Crippen MR) is 110 cm³/mol. The first-order valence-electron chi connectivity index (χ1n) is 9.70. The van der Waals surface area contributed by atoms with Crippen molar-refractivity contribution in [1.82, 2.24) is 24.6 Å². The number of methoxy groups -OCH3 is 1. The predicted octanol–water partition coefficient (Wildman–Crippen LogP) is 2.33. The number of carbonyl (C=O) groups excluding carboxylic acids is 1. The molecule has 1 amide bonds. The molecule has 1 aromatic carbocycles. The van der Waals surface area contributed by atoms with E-state index in [1.54, 1.807) is 17.1 Å². The number of amides is 1. The molecule has 4 rings (SSSR count). The van der Waals surface area contributed by atoms with E-state index in [-0.39, 0.29) is 11.6 Å². The molecule has 29 heavy (non-hydrogen) atoms. The van der Waals surface area contributed by atoms with Crippen LogP contribution >= 0.6 is 11.3 Å². The van der Waals surface area contributed by atoms with Crippen molar-refractivity contribution in [3.8, 4) is 16.3 Å². The fraction of sp³-hybridized carbons (Fsp3) is 0.400. The highest BCUT2D eigenvalue weighted by Crippen LogP contribution is 2.25. The molecular weight excluding hydrogens is 390 g/mol. The summed E-state index contributed by atoms with van der Waals surface area (Å²) in [5, 5.41) is 9.82. The van der Waals surface area contributed by atoms with Gasteiger partial charge in [-0.05, 0) is 43.5 Å². The van der Waals surface area contributed by atoms with Crippen LogP contribution in [0.3, 0.4) is 0 Å². The fourth-order valence-electron chi connectivity index (χ4n) is 3.36. The number of aromatic nitrogens is 4. The van der Waals surface area contributed by atoms with Gasteiger partial charge < -0.3 is 10.1 Å². The van der Waals surface area contributed by atoms with Crippen molar-refractivity contribution >= 4 is 17.2 Å². The number of aryl methyl sites for hydroxylation is 2. The summed E-state index contributed by atoms with van der Waals surface area (Å²) in [5.74, 6) is 1.44. The topological polar surface area (TPSA) is 91.0 Å². The minimum atomic E-state index is -0.211. The van der Waals surface area contributed by atoms with E-state index in [1.165, 1.54) is 16.0 Å². The number of rotatable bonds is 7. The number of ether oxygens (including phenoxy) is 1. The highest BCUT2D eigenvalue weighted by Gasteiger charge is 2.16. The standard InChI is InChI=1S/C20H23N5O3S/c1-28-15-8-6-14(7-9-15)19-22-16(13-29-19)18(26)21-10-4-12-25-20(27)24-11-3-2-5-17(24)23-25/h6-9,13H,2-5,10-12H2,1H3,(H,21,26). The van der Waals surface area contributed by atoms with Crippen molar-refractivity contribution in [2.75, 3.05) is 13.7 Å². The molecule has 0 radical (unpaired) electrons. The molecule has 0 atom stereocenters. The van der Waals surface area contributed by atoms with Gasteiger partial charge >= 0.3 is 5.69 Å². The molecule has 3 aromatic rings. The maximum Gasteiger partial charge on any atom is 0.345 e. The third-order valence-electron chi connectivity index (χ3n) is 4.94. The van der Waals surface area contributed by atoms with E-state index in [1.807, 2.05) is 24.3 Å². The van der Waals surface area contributed by atoms with E-state index < -0.39 is 0 Å². The van der Waals surface area contributed by atoms with Crippen molar-refractivity contribution in [1.29, 1.82) is 0 Å². The monoisotopic (exact) mass is 413 g/mol. The number of hydrogen-bond acceptors (Lipinski definition) is 6. The van der Waals surface area contributed by atoms with Crippen LogP contribution in [-0.4, -0.2) is 38.9 Å². The number of fused-ring (bicyclic) bond motifs is 1. The second-order valence-corrected chi connectivity index (χ2v) is 7.76. The lowest BCUT2D eigenvalue weighted by Gasteiger charge is -2.09. The molecule has 9 heteroatoms. The Morgan fingerprint density at radius 3 is 2.86 bits per heavy atom. The zero-order valence-corrected chi connectivity index (χ0v) is 17.1. The van der Waals surface area contributed by atoms with Gasteiger partial charge in [0.15, 0.2) is 0 Å². The van der Waals surface area contributed by atoms with Crippen LogP contribution in [0.4, 0.5) is 0 Å². The first kappa shape index (κ1) is 19.4. The van der Waals surface area contributed by atoms with E-state index >= 15 is 0 Å². The van der Waals surface area contributed by atoms with Gasteiger partial charge in [-0.15, -0.1) is 11.3 Å². The molecule has 0 spiro atoms. The van der Waals surface area contributed by atoms with Crippen LogP contribution in [0.2, 0.25) is 0 Å². The van der Waals surface area contributed by atoms with E-state index in [4.69, 9.17) is 4.74 Å². The Bertz CT molecular complexity index is 1050. The fourth-order valence-corrected chi connectivity index (χ4v) is 4.17. The number of hydrogen-bond donors (Lipinski definition) is 1.